The number of nitrogens with one attached hydrogen (secondary N) is 1. The number of rotatable bonds is 4. The number of piperazine rings is 1. The molecule has 0 saturated carbocycles. The van der Waals surface area contributed by atoms with Crippen molar-refractivity contribution < 1.29 is 4.79 Å². The number of nitrogens with zero attached hydrogens (tertiary/aromatic N) is 3. The van der Waals surface area contributed by atoms with Gasteiger partial charge in [-0.2, -0.15) is 0 Å². The first-order valence-corrected chi connectivity index (χ1v) is 8.79. The first kappa shape index (κ1) is 16.4. The summed E-state index contributed by atoms with van der Waals surface area (Å²) in [7, 11) is 0. The van der Waals surface area contributed by atoms with E-state index < -0.39 is 0 Å². The fourth-order valence-corrected chi connectivity index (χ4v) is 3.12. The number of anilines is 1. The Bertz CT molecular complexity index is 905. The van der Waals surface area contributed by atoms with E-state index in [2.05, 4.69) is 20.2 Å². The van der Waals surface area contributed by atoms with Gasteiger partial charge in [-0.1, -0.05) is 36.4 Å². The number of carbonyl (C=O) groups is 1. The van der Waals surface area contributed by atoms with Gasteiger partial charge in [0.15, 0.2) is 0 Å². The number of ketones is 1. The van der Waals surface area contributed by atoms with Crippen LogP contribution in [0.1, 0.15) is 16.1 Å². The van der Waals surface area contributed by atoms with Gasteiger partial charge in [-0.15, -0.1) is 0 Å². The van der Waals surface area contributed by atoms with Gasteiger partial charge >= 0.3 is 0 Å². The first-order chi connectivity index (χ1) is 12.8. The highest BCUT2D eigenvalue weighted by Crippen LogP contribution is 2.21. The van der Waals surface area contributed by atoms with Crippen LogP contribution in [0.5, 0.6) is 0 Å². The van der Waals surface area contributed by atoms with Crippen LogP contribution < -0.4 is 10.2 Å². The summed E-state index contributed by atoms with van der Waals surface area (Å²) in [5.41, 5.74) is 2.97. The topological polar surface area (TPSA) is 58.1 Å². The Kier molecular flexibility index (Phi) is 4.71. The molecule has 130 valence electrons. The van der Waals surface area contributed by atoms with Crippen LogP contribution in [0.2, 0.25) is 0 Å². The maximum absolute atomic E-state index is 12.9. The number of pyridine rings is 2. The van der Waals surface area contributed by atoms with Crippen molar-refractivity contribution in [2.75, 3.05) is 31.1 Å². The molecule has 0 atom stereocenters. The molecule has 0 aliphatic carbocycles. The van der Waals surface area contributed by atoms with Crippen molar-refractivity contribution in [1.29, 1.82) is 0 Å². The Morgan fingerprint density at radius 3 is 2.54 bits per heavy atom. The van der Waals surface area contributed by atoms with Crippen LogP contribution in [0.15, 0.2) is 67.0 Å². The van der Waals surface area contributed by atoms with E-state index in [4.69, 9.17) is 0 Å². The highest BCUT2D eigenvalue weighted by molar-refractivity contribution is 6.08. The van der Waals surface area contributed by atoms with E-state index in [1.807, 2.05) is 48.5 Å². The van der Waals surface area contributed by atoms with Crippen LogP contribution in [-0.4, -0.2) is 41.9 Å². The third kappa shape index (κ3) is 3.48. The number of benzene rings is 1. The molecule has 26 heavy (non-hydrogen) atoms. The zero-order valence-electron chi connectivity index (χ0n) is 14.4. The first-order valence-electron chi connectivity index (χ1n) is 8.79. The summed E-state index contributed by atoms with van der Waals surface area (Å²) in [6.45, 7) is 3.66. The molecule has 1 aromatic carbocycles. The summed E-state index contributed by atoms with van der Waals surface area (Å²) in [6.07, 6.45) is 3.38. The van der Waals surface area contributed by atoms with Crippen molar-refractivity contribution in [3.63, 3.8) is 0 Å². The molecule has 0 bridgehead atoms. The predicted molar refractivity (Wildman–Crippen MR) is 102 cm³/mol. The minimum Gasteiger partial charge on any atom is -0.354 e. The standard InChI is InChI=1S/C21H20N4O/c26-21(18-13-17(14-23-15-18)16-5-2-1-3-6-16)19-7-4-8-20(24-19)25-11-9-22-10-12-25/h1-8,13-15,22H,9-12H2. The molecule has 1 fully saturated rings. The lowest BCUT2D eigenvalue weighted by Gasteiger charge is -2.28. The smallest absolute Gasteiger partial charge is 0.212 e. The molecule has 5 nitrogen and oxygen atoms in total. The van der Waals surface area contributed by atoms with E-state index in [-0.39, 0.29) is 5.78 Å². The highest BCUT2D eigenvalue weighted by atomic mass is 16.1. The van der Waals surface area contributed by atoms with E-state index in [1.54, 1.807) is 18.5 Å². The number of carbonyl (C=O) groups excluding carboxylic acids is 1. The summed E-state index contributed by atoms with van der Waals surface area (Å²) in [6, 6.07) is 17.4. The van der Waals surface area contributed by atoms with Gasteiger partial charge in [-0.3, -0.25) is 9.78 Å². The predicted octanol–water partition coefficient (Wildman–Crippen LogP) is 2.78. The van der Waals surface area contributed by atoms with Gasteiger partial charge in [0.2, 0.25) is 5.78 Å². The second-order valence-corrected chi connectivity index (χ2v) is 6.28. The molecule has 0 unspecified atom stereocenters. The summed E-state index contributed by atoms with van der Waals surface area (Å²) in [5.74, 6) is 0.747. The number of hydrogen-bond donors (Lipinski definition) is 1. The summed E-state index contributed by atoms with van der Waals surface area (Å²) < 4.78 is 0. The Morgan fingerprint density at radius 1 is 0.923 bits per heavy atom. The average Bonchev–Trinajstić information content (AvgIpc) is 2.75. The maximum atomic E-state index is 12.9. The summed E-state index contributed by atoms with van der Waals surface area (Å²) in [4.78, 5) is 24.0. The molecule has 2 aromatic heterocycles. The van der Waals surface area contributed by atoms with Crippen LogP contribution in [0, 0.1) is 0 Å². The monoisotopic (exact) mass is 344 g/mol. The van der Waals surface area contributed by atoms with Gasteiger partial charge in [-0.25, -0.2) is 4.98 Å². The second-order valence-electron chi connectivity index (χ2n) is 6.28. The number of hydrogen-bond acceptors (Lipinski definition) is 5. The molecule has 3 heterocycles. The molecular weight excluding hydrogens is 324 g/mol. The Labute approximate surface area is 152 Å². The largest absolute Gasteiger partial charge is 0.354 e. The molecule has 5 heteroatoms. The molecule has 0 amide bonds. The van der Waals surface area contributed by atoms with Crippen molar-refractivity contribution in [2.45, 2.75) is 0 Å². The van der Waals surface area contributed by atoms with Crippen molar-refractivity contribution in [1.82, 2.24) is 15.3 Å². The van der Waals surface area contributed by atoms with Crippen LogP contribution in [0.4, 0.5) is 5.82 Å². The fraction of sp³-hybridized carbons (Fsp3) is 0.190. The SMILES string of the molecule is O=C(c1cncc(-c2ccccc2)c1)c1cccc(N2CCNCC2)n1. The van der Waals surface area contributed by atoms with Gasteiger partial charge in [-0.05, 0) is 23.8 Å². The molecule has 3 aromatic rings. The van der Waals surface area contributed by atoms with Crippen LogP contribution >= 0.6 is 0 Å². The van der Waals surface area contributed by atoms with Crippen LogP contribution in [0.25, 0.3) is 11.1 Å². The lowest BCUT2D eigenvalue weighted by Crippen LogP contribution is -2.44. The minimum absolute atomic E-state index is 0.104. The second kappa shape index (κ2) is 7.45. The van der Waals surface area contributed by atoms with Gasteiger partial charge in [0, 0.05) is 49.7 Å². The summed E-state index contributed by atoms with van der Waals surface area (Å²) >= 11 is 0. The van der Waals surface area contributed by atoms with Crippen molar-refractivity contribution in [2.24, 2.45) is 0 Å². The van der Waals surface area contributed by atoms with Crippen molar-refractivity contribution in [3.8, 4) is 11.1 Å². The van der Waals surface area contributed by atoms with Gasteiger partial charge in [0.25, 0.3) is 0 Å². The zero-order chi connectivity index (χ0) is 17.8. The average molecular weight is 344 g/mol. The van der Waals surface area contributed by atoms with E-state index >= 15 is 0 Å². The summed E-state index contributed by atoms with van der Waals surface area (Å²) in [5, 5.41) is 3.32. The third-order valence-electron chi connectivity index (χ3n) is 4.52. The molecule has 4 rings (SSSR count). The van der Waals surface area contributed by atoms with Gasteiger partial charge in [0.05, 0.1) is 0 Å². The Morgan fingerprint density at radius 2 is 1.73 bits per heavy atom. The van der Waals surface area contributed by atoms with Crippen LogP contribution in [0.3, 0.4) is 0 Å². The molecule has 1 N–H and O–H groups in total. The van der Waals surface area contributed by atoms with Crippen molar-refractivity contribution >= 4 is 11.6 Å². The zero-order valence-corrected chi connectivity index (χ0v) is 14.4. The minimum atomic E-state index is -0.104. The highest BCUT2D eigenvalue weighted by Gasteiger charge is 2.16. The Balaban J connectivity index is 1.62. The van der Waals surface area contributed by atoms with Gasteiger partial charge in [0.1, 0.15) is 11.5 Å². The number of aromatic nitrogens is 2. The van der Waals surface area contributed by atoms with Crippen LogP contribution in [-0.2, 0) is 0 Å². The molecular formula is C21H20N4O. The molecule has 1 aliphatic heterocycles. The fourth-order valence-electron chi connectivity index (χ4n) is 3.12. The molecule has 0 spiro atoms. The molecule has 1 aliphatic rings. The normalized spacial score (nSPS) is 14.2. The van der Waals surface area contributed by atoms with Crippen molar-refractivity contribution in [3.05, 3.63) is 78.2 Å². The maximum Gasteiger partial charge on any atom is 0.212 e. The lowest BCUT2D eigenvalue weighted by molar-refractivity contribution is 0.103. The third-order valence-corrected chi connectivity index (χ3v) is 4.52. The Hall–Kier alpha value is -3.05. The molecule has 0 radical (unpaired) electrons. The lowest BCUT2D eigenvalue weighted by atomic mass is 10.0. The quantitative estimate of drug-likeness (QED) is 0.738. The van der Waals surface area contributed by atoms with E-state index in [0.717, 1.165) is 43.1 Å². The van der Waals surface area contributed by atoms with E-state index in [9.17, 15) is 4.79 Å². The van der Waals surface area contributed by atoms with E-state index in [1.165, 1.54) is 0 Å². The molecule has 1 saturated heterocycles. The van der Waals surface area contributed by atoms with E-state index in [0.29, 0.717) is 11.3 Å². The van der Waals surface area contributed by atoms with Gasteiger partial charge < -0.3 is 10.2 Å².